The van der Waals surface area contributed by atoms with Crippen LogP contribution in [0, 0.1) is 0 Å². The normalized spacial score (nSPS) is 10.4. The van der Waals surface area contributed by atoms with Crippen LogP contribution in [0.15, 0.2) is 53.9 Å². The number of carbonyl (C=O) groups excluding carboxylic acids is 2. The molecule has 0 radical (unpaired) electrons. The number of primary amides is 1. The fraction of sp³-hybridized carbons (Fsp3) is 0.190. The number of amides is 3. The summed E-state index contributed by atoms with van der Waals surface area (Å²) >= 11 is 1.51. The zero-order chi connectivity index (χ0) is 20.6. The van der Waals surface area contributed by atoms with Gasteiger partial charge in [0.05, 0.1) is 18.7 Å². The summed E-state index contributed by atoms with van der Waals surface area (Å²) in [4.78, 5) is 27.6. The molecule has 29 heavy (non-hydrogen) atoms. The van der Waals surface area contributed by atoms with E-state index in [4.69, 9.17) is 10.5 Å². The van der Waals surface area contributed by atoms with Crippen molar-refractivity contribution >= 4 is 29.0 Å². The fourth-order valence-corrected chi connectivity index (χ4v) is 3.48. The number of nitrogens with two attached hydrogens (primary N) is 1. The number of aromatic nitrogens is 1. The van der Waals surface area contributed by atoms with Gasteiger partial charge in [-0.15, -0.1) is 11.3 Å². The van der Waals surface area contributed by atoms with Crippen LogP contribution >= 0.6 is 11.3 Å². The Morgan fingerprint density at radius 3 is 2.48 bits per heavy atom. The predicted molar refractivity (Wildman–Crippen MR) is 114 cm³/mol. The number of hydrogen-bond donors (Lipinski definition) is 3. The second-order valence-electron chi connectivity index (χ2n) is 6.24. The zero-order valence-corrected chi connectivity index (χ0v) is 16.8. The molecule has 2 aromatic carbocycles. The van der Waals surface area contributed by atoms with Crippen molar-refractivity contribution in [2.24, 2.45) is 5.73 Å². The van der Waals surface area contributed by atoms with Crippen molar-refractivity contribution in [3.05, 3.63) is 65.2 Å². The Morgan fingerprint density at radius 1 is 1.10 bits per heavy atom. The number of nitrogens with one attached hydrogen (secondary N) is 2. The van der Waals surface area contributed by atoms with Crippen molar-refractivity contribution < 1.29 is 14.3 Å². The Balaban J connectivity index is 1.51. The predicted octanol–water partition coefficient (Wildman–Crippen LogP) is 3.56. The van der Waals surface area contributed by atoms with Crippen molar-refractivity contribution in [2.45, 2.75) is 19.9 Å². The number of rotatable bonds is 8. The van der Waals surface area contributed by atoms with Crippen molar-refractivity contribution in [3.8, 4) is 16.3 Å². The molecule has 8 heteroatoms. The molecule has 0 aliphatic heterocycles. The van der Waals surface area contributed by atoms with E-state index in [2.05, 4.69) is 15.6 Å². The van der Waals surface area contributed by atoms with Crippen molar-refractivity contribution in [1.29, 1.82) is 0 Å². The molecule has 0 unspecified atom stereocenters. The van der Waals surface area contributed by atoms with Crippen molar-refractivity contribution in [3.63, 3.8) is 0 Å². The molecule has 1 heterocycles. The minimum Gasteiger partial charge on any atom is -0.494 e. The maximum Gasteiger partial charge on any atom is 0.316 e. The highest BCUT2D eigenvalue weighted by Crippen LogP contribution is 2.26. The molecule has 0 saturated carbocycles. The van der Waals surface area contributed by atoms with Crippen LogP contribution in [-0.4, -0.2) is 23.5 Å². The van der Waals surface area contributed by atoms with Gasteiger partial charge in [-0.1, -0.05) is 12.1 Å². The highest BCUT2D eigenvalue weighted by atomic mass is 32.1. The van der Waals surface area contributed by atoms with Gasteiger partial charge in [0.1, 0.15) is 10.8 Å². The van der Waals surface area contributed by atoms with Gasteiger partial charge in [-0.2, -0.15) is 0 Å². The van der Waals surface area contributed by atoms with E-state index in [1.807, 2.05) is 48.7 Å². The summed E-state index contributed by atoms with van der Waals surface area (Å²) in [7, 11) is 0. The summed E-state index contributed by atoms with van der Waals surface area (Å²) < 4.78 is 5.45. The number of carbonyl (C=O) groups is 2. The third-order valence-electron chi connectivity index (χ3n) is 4.02. The van der Waals surface area contributed by atoms with Gasteiger partial charge in [-0.05, 0) is 48.9 Å². The Morgan fingerprint density at radius 2 is 1.83 bits per heavy atom. The van der Waals surface area contributed by atoms with Gasteiger partial charge in [-0.25, -0.2) is 9.78 Å². The van der Waals surface area contributed by atoms with E-state index in [9.17, 15) is 9.59 Å². The van der Waals surface area contributed by atoms with E-state index in [0.717, 1.165) is 27.6 Å². The van der Waals surface area contributed by atoms with E-state index >= 15 is 0 Å². The van der Waals surface area contributed by atoms with E-state index in [-0.39, 0.29) is 12.3 Å². The molecule has 0 fully saturated rings. The molecule has 150 valence electrons. The second kappa shape index (κ2) is 9.70. The monoisotopic (exact) mass is 410 g/mol. The molecule has 0 aliphatic carbocycles. The highest BCUT2D eigenvalue weighted by Gasteiger charge is 2.09. The van der Waals surface area contributed by atoms with Crippen LogP contribution in [0.5, 0.6) is 5.75 Å². The van der Waals surface area contributed by atoms with Gasteiger partial charge < -0.3 is 21.1 Å². The summed E-state index contributed by atoms with van der Waals surface area (Å²) in [6.07, 6.45) is 0.217. The largest absolute Gasteiger partial charge is 0.494 e. The maximum absolute atomic E-state index is 12.2. The van der Waals surface area contributed by atoms with Gasteiger partial charge in [0.2, 0.25) is 5.91 Å². The third-order valence-corrected chi connectivity index (χ3v) is 4.96. The highest BCUT2D eigenvalue weighted by molar-refractivity contribution is 7.13. The van der Waals surface area contributed by atoms with Crippen LogP contribution in [0.25, 0.3) is 10.6 Å². The quantitative estimate of drug-likeness (QED) is 0.528. The van der Waals surface area contributed by atoms with Crippen LogP contribution in [0.1, 0.15) is 18.2 Å². The smallest absolute Gasteiger partial charge is 0.316 e. The van der Waals surface area contributed by atoms with Crippen LogP contribution in [-0.2, 0) is 17.8 Å². The van der Waals surface area contributed by atoms with Crippen molar-refractivity contribution in [2.75, 3.05) is 11.9 Å². The van der Waals surface area contributed by atoms with E-state index in [1.54, 1.807) is 12.1 Å². The van der Waals surface area contributed by atoms with Gasteiger partial charge in [0.15, 0.2) is 0 Å². The Labute approximate surface area is 172 Å². The van der Waals surface area contributed by atoms with Crippen LogP contribution in [0.3, 0.4) is 0 Å². The number of thiazole rings is 1. The third kappa shape index (κ3) is 6.05. The summed E-state index contributed by atoms with van der Waals surface area (Å²) in [6.45, 7) is 2.97. The molecule has 3 rings (SSSR count). The molecule has 0 aliphatic rings. The molecule has 0 saturated heterocycles. The summed E-state index contributed by atoms with van der Waals surface area (Å²) in [5.41, 5.74) is 8.33. The minimum absolute atomic E-state index is 0.104. The van der Waals surface area contributed by atoms with Crippen LogP contribution < -0.4 is 21.1 Å². The molecular formula is C21H22N4O3S. The molecule has 0 atom stereocenters. The number of hydrogen-bond acceptors (Lipinski definition) is 5. The summed E-state index contributed by atoms with van der Waals surface area (Å²) in [5, 5.41) is 8.13. The van der Waals surface area contributed by atoms with Gasteiger partial charge in [0, 0.05) is 23.2 Å². The average Bonchev–Trinajstić information content (AvgIpc) is 3.16. The van der Waals surface area contributed by atoms with E-state index < -0.39 is 6.03 Å². The van der Waals surface area contributed by atoms with E-state index in [1.165, 1.54) is 11.3 Å². The first-order chi connectivity index (χ1) is 14.0. The summed E-state index contributed by atoms with van der Waals surface area (Å²) in [6, 6.07) is 14.2. The molecule has 3 aromatic rings. The minimum atomic E-state index is -0.612. The molecular weight excluding hydrogens is 388 g/mol. The summed E-state index contributed by atoms with van der Waals surface area (Å²) in [5.74, 6) is 0.721. The lowest BCUT2D eigenvalue weighted by atomic mass is 10.2. The van der Waals surface area contributed by atoms with Gasteiger partial charge in [0.25, 0.3) is 0 Å². The molecule has 7 nitrogen and oxygen atoms in total. The zero-order valence-electron chi connectivity index (χ0n) is 16.0. The number of urea groups is 1. The second-order valence-corrected chi connectivity index (χ2v) is 7.10. The maximum atomic E-state index is 12.2. The first-order valence-electron chi connectivity index (χ1n) is 9.13. The number of anilines is 1. The Bertz CT molecular complexity index is 968. The standard InChI is InChI=1S/C21H22N4O3S/c1-2-28-18-9-5-15(6-10-18)20-24-17(13-29-20)11-19(26)23-12-14-3-7-16(8-4-14)25-21(22)27/h3-10,13H,2,11-12H2,1H3,(H,23,26)(H3,22,25,27). The van der Waals surface area contributed by atoms with E-state index in [0.29, 0.717) is 18.8 Å². The van der Waals surface area contributed by atoms with Gasteiger partial charge >= 0.3 is 6.03 Å². The first kappa shape index (κ1) is 20.3. The number of benzene rings is 2. The lowest BCUT2D eigenvalue weighted by Gasteiger charge is -2.06. The van der Waals surface area contributed by atoms with Crippen molar-refractivity contribution in [1.82, 2.24) is 10.3 Å². The topological polar surface area (TPSA) is 106 Å². The SMILES string of the molecule is CCOc1ccc(-c2nc(CC(=O)NCc3ccc(NC(N)=O)cc3)cs2)cc1. The number of ether oxygens (including phenoxy) is 1. The molecule has 1 aromatic heterocycles. The lowest BCUT2D eigenvalue weighted by molar-refractivity contribution is -0.120. The Kier molecular flexibility index (Phi) is 6.80. The molecule has 0 spiro atoms. The lowest BCUT2D eigenvalue weighted by Crippen LogP contribution is -2.24. The molecule has 0 bridgehead atoms. The average molecular weight is 410 g/mol. The first-order valence-corrected chi connectivity index (χ1v) is 10.0. The van der Waals surface area contributed by atoms with Crippen LogP contribution in [0.2, 0.25) is 0 Å². The number of nitrogens with zero attached hydrogens (tertiary/aromatic N) is 1. The molecule has 3 amide bonds. The van der Waals surface area contributed by atoms with Crippen LogP contribution in [0.4, 0.5) is 10.5 Å². The molecule has 4 N–H and O–H groups in total. The Hall–Kier alpha value is -3.39. The fourth-order valence-electron chi connectivity index (χ4n) is 2.66. The van der Waals surface area contributed by atoms with Gasteiger partial charge in [-0.3, -0.25) is 4.79 Å².